The quantitative estimate of drug-likeness (QED) is 0.940. The molecule has 0 aliphatic carbocycles. The molecule has 1 saturated heterocycles. The van der Waals surface area contributed by atoms with Crippen LogP contribution in [0.25, 0.3) is 11.0 Å². The Bertz CT molecular complexity index is 647. The van der Waals surface area contributed by atoms with E-state index in [1.807, 2.05) is 30.0 Å². The summed E-state index contributed by atoms with van der Waals surface area (Å²) in [6, 6.07) is 6.06. The van der Waals surface area contributed by atoms with E-state index in [4.69, 9.17) is 9.52 Å². The van der Waals surface area contributed by atoms with Crippen molar-refractivity contribution in [2.75, 3.05) is 19.7 Å². The van der Waals surface area contributed by atoms with Crippen LogP contribution in [0.3, 0.4) is 0 Å². The number of aliphatic hydroxyl groups is 1. The molecule has 1 amide bonds. The van der Waals surface area contributed by atoms with Crippen LogP contribution in [0.4, 0.5) is 0 Å². The predicted octanol–water partition coefficient (Wildman–Crippen LogP) is 2.51. The second-order valence-electron chi connectivity index (χ2n) is 5.94. The first-order chi connectivity index (χ1) is 10.2. The van der Waals surface area contributed by atoms with E-state index in [9.17, 15) is 4.79 Å². The third-order valence-corrected chi connectivity index (χ3v) is 4.33. The van der Waals surface area contributed by atoms with Crippen LogP contribution in [0.2, 0.25) is 0 Å². The van der Waals surface area contributed by atoms with Gasteiger partial charge in [-0.3, -0.25) is 4.79 Å². The third-order valence-electron chi connectivity index (χ3n) is 4.33. The monoisotopic (exact) mass is 287 g/mol. The number of benzene rings is 1. The normalized spacial score (nSPS) is 18.6. The van der Waals surface area contributed by atoms with Crippen LogP contribution in [0, 0.1) is 12.8 Å². The summed E-state index contributed by atoms with van der Waals surface area (Å²) in [5.41, 5.74) is 2.96. The number of hydrogen-bond acceptors (Lipinski definition) is 3. The Hall–Kier alpha value is -1.81. The number of carbonyl (C=O) groups excluding carboxylic acids is 1. The van der Waals surface area contributed by atoms with Crippen LogP contribution in [0.15, 0.2) is 28.9 Å². The zero-order valence-corrected chi connectivity index (χ0v) is 12.3. The Balaban J connectivity index is 1.69. The minimum atomic E-state index is 0.152. The minimum Gasteiger partial charge on any atom is -0.464 e. The van der Waals surface area contributed by atoms with Crippen molar-refractivity contribution in [1.82, 2.24) is 4.90 Å². The van der Waals surface area contributed by atoms with Gasteiger partial charge in [0.05, 0.1) is 12.7 Å². The van der Waals surface area contributed by atoms with Gasteiger partial charge in [0.1, 0.15) is 5.58 Å². The van der Waals surface area contributed by atoms with Gasteiger partial charge in [0.2, 0.25) is 5.91 Å². The first-order valence-electron chi connectivity index (χ1n) is 7.52. The zero-order valence-electron chi connectivity index (χ0n) is 12.3. The zero-order chi connectivity index (χ0) is 14.8. The van der Waals surface area contributed by atoms with Gasteiger partial charge in [-0.05, 0) is 37.3 Å². The van der Waals surface area contributed by atoms with Gasteiger partial charge in [0.25, 0.3) is 0 Å². The maximum Gasteiger partial charge on any atom is 0.227 e. The largest absolute Gasteiger partial charge is 0.464 e. The van der Waals surface area contributed by atoms with Crippen LogP contribution in [-0.4, -0.2) is 35.6 Å². The fourth-order valence-electron chi connectivity index (χ4n) is 3.08. The fourth-order valence-corrected chi connectivity index (χ4v) is 3.08. The molecule has 1 aromatic carbocycles. The lowest BCUT2D eigenvalue weighted by molar-refractivity contribution is -0.129. The van der Waals surface area contributed by atoms with Crippen molar-refractivity contribution in [1.29, 1.82) is 0 Å². The molecule has 4 heteroatoms. The standard InChI is InChI=1S/C17H21NO3/c1-12-2-3-15-14(11-21-16(15)8-12)9-17(20)18-6-4-13(10-18)5-7-19/h2-3,8,11,13,19H,4-7,9-10H2,1H3. The van der Waals surface area contributed by atoms with Crippen molar-refractivity contribution in [3.05, 3.63) is 35.6 Å². The molecule has 4 nitrogen and oxygen atoms in total. The lowest BCUT2D eigenvalue weighted by Gasteiger charge is -2.16. The predicted molar refractivity (Wildman–Crippen MR) is 81.0 cm³/mol. The maximum atomic E-state index is 12.4. The summed E-state index contributed by atoms with van der Waals surface area (Å²) < 4.78 is 5.55. The SMILES string of the molecule is Cc1ccc2c(CC(=O)N3CCC(CCO)C3)coc2c1. The van der Waals surface area contributed by atoms with E-state index in [1.54, 1.807) is 6.26 Å². The average Bonchev–Trinajstić information content (AvgIpc) is 3.06. The molecular formula is C17H21NO3. The topological polar surface area (TPSA) is 53.7 Å². The highest BCUT2D eigenvalue weighted by atomic mass is 16.3. The molecule has 0 radical (unpaired) electrons. The van der Waals surface area contributed by atoms with E-state index in [-0.39, 0.29) is 12.5 Å². The molecule has 1 atom stereocenters. The Morgan fingerprint density at radius 2 is 2.33 bits per heavy atom. The summed E-state index contributed by atoms with van der Waals surface area (Å²) >= 11 is 0. The van der Waals surface area contributed by atoms with Crippen molar-refractivity contribution in [3.8, 4) is 0 Å². The molecule has 1 N–H and O–H groups in total. The van der Waals surface area contributed by atoms with Crippen LogP contribution in [0.5, 0.6) is 0 Å². The van der Waals surface area contributed by atoms with Gasteiger partial charge in [0.15, 0.2) is 0 Å². The third kappa shape index (κ3) is 2.95. The van der Waals surface area contributed by atoms with E-state index >= 15 is 0 Å². The number of aliphatic hydroxyl groups excluding tert-OH is 1. The van der Waals surface area contributed by atoms with Crippen molar-refractivity contribution >= 4 is 16.9 Å². The number of nitrogens with zero attached hydrogens (tertiary/aromatic N) is 1. The smallest absolute Gasteiger partial charge is 0.227 e. The molecule has 112 valence electrons. The average molecular weight is 287 g/mol. The summed E-state index contributed by atoms with van der Waals surface area (Å²) in [5, 5.41) is 10.0. The van der Waals surface area contributed by atoms with Crippen molar-refractivity contribution in [2.45, 2.75) is 26.2 Å². The van der Waals surface area contributed by atoms with Crippen LogP contribution < -0.4 is 0 Å². The van der Waals surface area contributed by atoms with E-state index in [0.29, 0.717) is 12.3 Å². The molecular weight excluding hydrogens is 266 g/mol. The molecule has 0 spiro atoms. The molecule has 1 unspecified atom stereocenters. The fraction of sp³-hybridized carbons (Fsp3) is 0.471. The Morgan fingerprint density at radius 1 is 1.48 bits per heavy atom. The van der Waals surface area contributed by atoms with Crippen LogP contribution in [0.1, 0.15) is 24.0 Å². The number of rotatable bonds is 4. The molecule has 1 aliphatic heterocycles. The number of carbonyl (C=O) groups is 1. The lowest BCUT2D eigenvalue weighted by Crippen LogP contribution is -2.30. The van der Waals surface area contributed by atoms with Crippen LogP contribution >= 0.6 is 0 Å². The molecule has 2 heterocycles. The first kappa shape index (κ1) is 14.1. The van der Waals surface area contributed by atoms with Crippen LogP contribution in [-0.2, 0) is 11.2 Å². The highest BCUT2D eigenvalue weighted by Gasteiger charge is 2.26. The van der Waals surface area contributed by atoms with E-state index in [2.05, 4.69) is 0 Å². The second kappa shape index (κ2) is 5.90. The minimum absolute atomic E-state index is 0.152. The van der Waals surface area contributed by atoms with Gasteiger partial charge in [0, 0.05) is 30.6 Å². The van der Waals surface area contributed by atoms with Crippen molar-refractivity contribution in [3.63, 3.8) is 0 Å². The Morgan fingerprint density at radius 3 is 3.14 bits per heavy atom. The molecule has 0 saturated carbocycles. The molecule has 0 bridgehead atoms. The number of hydrogen-bond donors (Lipinski definition) is 1. The lowest BCUT2D eigenvalue weighted by atomic mass is 10.1. The molecule has 21 heavy (non-hydrogen) atoms. The van der Waals surface area contributed by atoms with Crippen molar-refractivity contribution < 1.29 is 14.3 Å². The Labute approximate surface area is 124 Å². The number of furan rings is 1. The van der Waals surface area contributed by atoms with E-state index in [1.165, 1.54) is 0 Å². The summed E-state index contributed by atoms with van der Waals surface area (Å²) in [4.78, 5) is 14.3. The Kier molecular flexibility index (Phi) is 3.97. The molecule has 1 aromatic heterocycles. The van der Waals surface area contributed by atoms with Gasteiger partial charge in [-0.15, -0.1) is 0 Å². The highest BCUT2D eigenvalue weighted by Crippen LogP contribution is 2.25. The number of likely N-dealkylation sites (tertiary alicyclic amines) is 1. The van der Waals surface area contributed by atoms with Gasteiger partial charge >= 0.3 is 0 Å². The van der Waals surface area contributed by atoms with E-state index < -0.39 is 0 Å². The summed E-state index contributed by atoms with van der Waals surface area (Å²) in [7, 11) is 0. The van der Waals surface area contributed by atoms with Gasteiger partial charge < -0.3 is 14.4 Å². The molecule has 1 aliphatic rings. The molecule has 1 fully saturated rings. The highest BCUT2D eigenvalue weighted by molar-refractivity contribution is 5.88. The second-order valence-corrected chi connectivity index (χ2v) is 5.94. The number of amides is 1. The number of aryl methyl sites for hydroxylation is 1. The summed E-state index contributed by atoms with van der Waals surface area (Å²) in [5.74, 6) is 0.599. The van der Waals surface area contributed by atoms with Gasteiger partial charge in [-0.1, -0.05) is 12.1 Å². The first-order valence-corrected chi connectivity index (χ1v) is 7.52. The van der Waals surface area contributed by atoms with Crippen molar-refractivity contribution in [2.24, 2.45) is 5.92 Å². The number of fused-ring (bicyclic) bond motifs is 1. The molecule has 3 rings (SSSR count). The van der Waals surface area contributed by atoms with E-state index in [0.717, 1.165) is 48.0 Å². The summed E-state index contributed by atoms with van der Waals surface area (Å²) in [6.07, 6.45) is 3.88. The molecule has 2 aromatic rings. The van der Waals surface area contributed by atoms with Gasteiger partial charge in [-0.2, -0.15) is 0 Å². The van der Waals surface area contributed by atoms with Gasteiger partial charge in [-0.25, -0.2) is 0 Å². The maximum absolute atomic E-state index is 12.4. The summed E-state index contributed by atoms with van der Waals surface area (Å²) in [6.45, 7) is 3.81.